The van der Waals surface area contributed by atoms with Gasteiger partial charge in [-0.15, -0.1) is 0 Å². The summed E-state index contributed by atoms with van der Waals surface area (Å²) >= 11 is 0. The van der Waals surface area contributed by atoms with Crippen LogP contribution in [0.4, 0.5) is 0 Å². The van der Waals surface area contributed by atoms with E-state index >= 15 is 0 Å². The molecule has 0 unspecified atom stereocenters. The van der Waals surface area contributed by atoms with Crippen molar-refractivity contribution in [3.63, 3.8) is 0 Å². The highest BCUT2D eigenvalue weighted by Crippen LogP contribution is 2.42. The summed E-state index contributed by atoms with van der Waals surface area (Å²) in [7, 11) is 0. The molecular weight excluding hydrogens is 505 g/mol. The smallest absolute Gasteiger partial charge is 0.357 e. The third-order valence-electron chi connectivity index (χ3n) is 9.40. The summed E-state index contributed by atoms with van der Waals surface area (Å²) in [5.74, 6) is 0. The number of aromatic nitrogens is 3. The van der Waals surface area contributed by atoms with E-state index in [1.165, 1.54) is 10.8 Å². The number of hydrogen-bond donors (Lipinski definition) is 0. The summed E-state index contributed by atoms with van der Waals surface area (Å²) in [5, 5.41) is 5.30. The van der Waals surface area contributed by atoms with Crippen molar-refractivity contribution >= 4 is 72.4 Å². The van der Waals surface area contributed by atoms with Gasteiger partial charge in [0.15, 0.2) is 5.58 Å². The van der Waals surface area contributed by atoms with Gasteiger partial charge >= 0.3 is 6.85 Å². The molecule has 5 aromatic carbocycles. The van der Waals surface area contributed by atoms with E-state index in [9.17, 15) is 4.79 Å². The van der Waals surface area contributed by atoms with Gasteiger partial charge in [0.1, 0.15) is 5.58 Å². The van der Waals surface area contributed by atoms with Crippen molar-refractivity contribution in [2.45, 2.75) is 26.2 Å². The lowest BCUT2D eigenvalue weighted by atomic mass is 9.49. The lowest BCUT2D eigenvalue weighted by molar-refractivity contribution is 0.591. The maximum atomic E-state index is 14.4. The number of fused-ring (bicyclic) bond motifs is 14. The van der Waals surface area contributed by atoms with Crippen molar-refractivity contribution in [2.24, 2.45) is 0 Å². The van der Waals surface area contributed by atoms with Gasteiger partial charge in [-0.3, -0.25) is 14.1 Å². The van der Waals surface area contributed by atoms with Crippen molar-refractivity contribution in [1.82, 2.24) is 13.8 Å². The summed E-state index contributed by atoms with van der Waals surface area (Å²) < 4.78 is 13.2. The second-order valence-corrected chi connectivity index (χ2v) is 12.6. The molecule has 0 fully saturated rings. The van der Waals surface area contributed by atoms with Crippen LogP contribution in [0.1, 0.15) is 26.3 Å². The number of hydrogen-bond acceptors (Lipinski definition) is 2. The average Bonchev–Trinajstić information content (AvgIpc) is 3.70. The molecule has 0 atom stereocenters. The molecule has 0 amide bonds. The normalized spacial score (nSPS) is 13.8. The first-order valence-corrected chi connectivity index (χ1v) is 14.2. The third kappa shape index (κ3) is 2.41. The largest absolute Gasteiger partial charge is 0.454 e. The van der Waals surface area contributed by atoms with Crippen molar-refractivity contribution in [3.8, 4) is 11.4 Å². The molecule has 6 heteroatoms. The monoisotopic (exact) mass is 529 g/mol. The van der Waals surface area contributed by atoms with Crippen LogP contribution in [-0.2, 0) is 5.41 Å². The third-order valence-corrected chi connectivity index (χ3v) is 9.40. The van der Waals surface area contributed by atoms with E-state index in [0.29, 0.717) is 0 Å². The minimum Gasteiger partial charge on any atom is -0.454 e. The SMILES string of the molecule is CC(C)(C)c1ccc2c(c1)c(=O)n1n2-c2cc3c(oc4ccccc43)c3c2B1c1cccc2c4ccccc4n-3c12. The van der Waals surface area contributed by atoms with E-state index < -0.39 is 0 Å². The minimum absolute atomic E-state index is 0.0429. The van der Waals surface area contributed by atoms with Crippen molar-refractivity contribution < 1.29 is 4.42 Å². The van der Waals surface area contributed by atoms with Gasteiger partial charge in [-0.1, -0.05) is 81.4 Å². The quantitative estimate of drug-likeness (QED) is 0.215. The second-order valence-electron chi connectivity index (χ2n) is 12.6. The molecular formula is C35H24BN3O2. The molecule has 8 aromatic rings. The van der Waals surface area contributed by atoms with Gasteiger partial charge in [0, 0.05) is 27.0 Å². The first kappa shape index (κ1) is 21.8. The lowest BCUT2D eigenvalue weighted by Gasteiger charge is -2.23. The van der Waals surface area contributed by atoms with E-state index in [2.05, 4.69) is 109 Å². The van der Waals surface area contributed by atoms with Crippen LogP contribution in [0.15, 0.2) is 100 Å². The van der Waals surface area contributed by atoms with Gasteiger partial charge in [-0.2, -0.15) is 0 Å². The number of para-hydroxylation sites is 3. The van der Waals surface area contributed by atoms with E-state index in [1.54, 1.807) is 0 Å². The van der Waals surface area contributed by atoms with E-state index in [1.807, 2.05) is 16.7 Å². The molecule has 0 saturated heterocycles. The molecule has 194 valence electrons. The Morgan fingerprint density at radius 2 is 1.51 bits per heavy atom. The molecule has 0 aliphatic carbocycles. The van der Waals surface area contributed by atoms with Crippen molar-refractivity contribution in [2.75, 3.05) is 0 Å². The van der Waals surface area contributed by atoms with E-state index in [-0.39, 0.29) is 17.8 Å². The summed E-state index contributed by atoms with van der Waals surface area (Å²) in [6.07, 6.45) is 0. The average molecular weight is 529 g/mol. The minimum atomic E-state index is -0.254. The molecule has 0 spiro atoms. The van der Waals surface area contributed by atoms with Crippen LogP contribution in [0.2, 0.25) is 0 Å². The van der Waals surface area contributed by atoms with Gasteiger partial charge in [0.05, 0.1) is 33.3 Å². The van der Waals surface area contributed by atoms with Crippen LogP contribution in [0.5, 0.6) is 0 Å². The van der Waals surface area contributed by atoms with Gasteiger partial charge in [0.25, 0.3) is 5.56 Å². The maximum absolute atomic E-state index is 14.4. The van der Waals surface area contributed by atoms with E-state index in [4.69, 9.17) is 4.42 Å². The number of furan rings is 1. The van der Waals surface area contributed by atoms with Crippen molar-refractivity contribution in [1.29, 1.82) is 0 Å². The highest BCUT2D eigenvalue weighted by molar-refractivity contribution is 6.89. The highest BCUT2D eigenvalue weighted by Gasteiger charge is 2.45. The lowest BCUT2D eigenvalue weighted by Crippen LogP contribution is -2.53. The zero-order valence-electron chi connectivity index (χ0n) is 22.9. The molecule has 41 heavy (non-hydrogen) atoms. The predicted octanol–water partition coefficient (Wildman–Crippen LogP) is 6.37. The second kappa shape index (κ2) is 6.84. The summed E-state index contributed by atoms with van der Waals surface area (Å²) in [6, 6.07) is 32.0. The van der Waals surface area contributed by atoms with Crippen LogP contribution in [0, 0.1) is 0 Å². The van der Waals surface area contributed by atoms with Crippen LogP contribution >= 0.6 is 0 Å². The summed E-state index contributed by atoms with van der Waals surface area (Å²) in [4.78, 5) is 14.4. The maximum Gasteiger partial charge on any atom is 0.357 e. The Hall–Kier alpha value is -4.97. The molecule has 5 nitrogen and oxygen atoms in total. The molecule has 0 N–H and O–H groups in total. The highest BCUT2D eigenvalue weighted by atomic mass is 16.3. The van der Waals surface area contributed by atoms with Crippen LogP contribution in [0.3, 0.4) is 0 Å². The summed E-state index contributed by atoms with van der Waals surface area (Å²) in [6.45, 7) is 6.33. The first-order chi connectivity index (χ1) is 19.9. The molecule has 2 aliphatic rings. The van der Waals surface area contributed by atoms with Gasteiger partial charge in [-0.05, 0) is 46.8 Å². The molecule has 3 aromatic heterocycles. The zero-order chi connectivity index (χ0) is 27.4. The fraction of sp³-hybridized carbons (Fsp3) is 0.114. The Balaban J connectivity index is 1.47. The number of benzene rings is 5. The van der Waals surface area contributed by atoms with Gasteiger partial charge in [-0.25, -0.2) is 0 Å². The molecule has 2 aliphatic heterocycles. The molecule has 0 saturated carbocycles. The van der Waals surface area contributed by atoms with Crippen LogP contribution in [0.25, 0.3) is 66.0 Å². The Morgan fingerprint density at radius 3 is 2.37 bits per heavy atom. The fourth-order valence-electron chi connectivity index (χ4n) is 7.58. The fourth-order valence-corrected chi connectivity index (χ4v) is 7.58. The van der Waals surface area contributed by atoms with E-state index in [0.717, 1.165) is 71.7 Å². The first-order valence-electron chi connectivity index (χ1n) is 14.2. The standard InChI is InChI=1S/C35H24BN3O2/c1-35(2,3)19-15-16-27-24(17-19)34(40)39-36-25-12-8-11-22-20-9-4-6-13-26(20)37(31(22)25)32-30(36)28(38(27)39)18-23-21-10-5-7-14-29(21)41-33(23)32/h4-18H,1-3H3. The molecule has 0 radical (unpaired) electrons. The van der Waals surface area contributed by atoms with Gasteiger partial charge < -0.3 is 8.98 Å². The predicted molar refractivity (Wildman–Crippen MR) is 168 cm³/mol. The molecule has 5 heterocycles. The molecule has 0 bridgehead atoms. The molecule has 10 rings (SSSR count). The van der Waals surface area contributed by atoms with Crippen LogP contribution < -0.4 is 16.5 Å². The Labute approximate surface area is 234 Å². The summed E-state index contributed by atoms with van der Waals surface area (Å²) in [5.41, 5.74) is 10.5. The zero-order valence-corrected chi connectivity index (χ0v) is 22.9. The Kier molecular flexibility index (Phi) is 3.64. The topological polar surface area (TPSA) is 45.0 Å². The van der Waals surface area contributed by atoms with Crippen molar-refractivity contribution in [3.05, 3.63) is 107 Å². The Morgan fingerprint density at radius 1 is 0.732 bits per heavy atom. The number of rotatable bonds is 0. The Bertz CT molecular complexity index is 2550. The number of nitrogens with zero attached hydrogens (tertiary/aromatic N) is 3. The van der Waals surface area contributed by atoms with Gasteiger partial charge in [0.2, 0.25) is 0 Å². The van der Waals surface area contributed by atoms with Crippen LogP contribution in [-0.4, -0.2) is 20.7 Å².